The first kappa shape index (κ1) is 32.3. The molecule has 6 unspecified atom stereocenters. The van der Waals surface area contributed by atoms with E-state index in [0.29, 0.717) is 12.8 Å². The molecule has 0 saturated heterocycles. The zero-order chi connectivity index (χ0) is 30.8. The number of nitrogens with two attached hydrogens (primary N) is 1. The summed E-state index contributed by atoms with van der Waals surface area (Å²) in [5.41, 5.74) is 8.83. The van der Waals surface area contributed by atoms with Crippen LogP contribution in [0.2, 0.25) is 0 Å². The predicted octanol–water partition coefficient (Wildman–Crippen LogP) is 2.91. The number of para-hydroxylation sites is 1. The molecule has 6 atom stereocenters. The van der Waals surface area contributed by atoms with Crippen molar-refractivity contribution >= 4 is 34.6 Å². The molecule has 0 bridgehead atoms. The molecule has 3 aromatic rings. The van der Waals surface area contributed by atoms with Crippen LogP contribution in [0.25, 0.3) is 10.9 Å². The number of H-pyrrole nitrogens is 1. The molecule has 2 aromatic carbocycles. The van der Waals surface area contributed by atoms with Gasteiger partial charge in [0.05, 0.1) is 6.04 Å². The van der Waals surface area contributed by atoms with Gasteiger partial charge < -0.3 is 31.8 Å². The van der Waals surface area contributed by atoms with E-state index in [4.69, 9.17) is 5.73 Å². The molecule has 0 aliphatic heterocycles. The molecule has 0 aliphatic carbocycles. The highest BCUT2D eigenvalue weighted by Gasteiger charge is 2.34. The molecule has 3 rings (SSSR count). The number of benzene rings is 2. The number of fused-ring (bicyclic) bond motifs is 1. The number of hydrogen-bond acceptors (Lipinski definition) is 5. The van der Waals surface area contributed by atoms with Crippen molar-refractivity contribution in [3.63, 3.8) is 0 Å². The van der Waals surface area contributed by atoms with E-state index >= 15 is 0 Å². The second kappa shape index (κ2) is 15.2. The predicted molar refractivity (Wildman–Crippen MR) is 162 cm³/mol. The first-order valence-electron chi connectivity index (χ1n) is 14.5. The maximum atomic E-state index is 13.8. The monoisotopic (exact) mass is 577 g/mol. The lowest BCUT2D eigenvalue weighted by atomic mass is 9.94. The third-order valence-corrected chi connectivity index (χ3v) is 7.94. The minimum absolute atomic E-state index is 0.152. The summed E-state index contributed by atoms with van der Waals surface area (Å²) in [5, 5.41) is 18.8. The van der Waals surface area contributed by atoms with E-state index < -0.39 is 47.9 Å². The summed E-state index contributed by atoms with van der Waals surface area (Å²) in [4.78, 5) is 55.4. The number of aliphatic carboxylic acids is 1. The Hall–Kier alpha value is -4.18. The maximum Gasteiger partial charge on any atom is 0.326 e. The summed E-state index contributed by atoms with van der Waals surface area (Å²) >= 11 is 0. The fraction of sp³-hybridized carbons (Fsp3) is 0.438. The number of hydrogen-bond donors (Lipinski definition) is 6. The molecule has 10 nitrogen and oxygen atoms in total. The fourth-order valence-electron chi connectivity index (χ4n) is 4.85. The van der Waals surface area contributed by atoms with Gasteiger partial charge in [0, 0.05) is 23.5 Å². The Labute approximate surface area is 246 Å². The van der Waals surface area contributed by atoms with Gasteiger partial charge in [-0.3, -0.25) is 14.4 Å². The average Bonchev–Trinajstić information content (AvgIpc) is 3.40. The quantitative estimate of drug-likeness (QED) is 0.162. The third kappa shape index (κ3) is 8.42. The molecule has 1 aromatic heterocycles. The minimum atomic E-state index is -1.14. The molecule has 0 fully saturated rings. The van der Waals surface area contributed by atoms with Gasteiger partial charge in [-0.25, -0.2) is 4.79 Å². The van der Waals surface area contributed by atoms with Gasteiger partial charge in [-0.05, 0) is 35.4 Å². The highest BCUT2D eigenvalue weighted by molar-refractivity contribution is 5.95. The second-order valence-electron chi connectivity index (χ2n) is 11.0. The standard InChI is InChI=1S/C32H43N5O5/c1-5-19(3)27(31(40)37-28(32(41)42)20(4)6-2)36-30(39)26(17-22-18-34-25-15-11-10-14-23(22)25)35-29(38)24(33)16-21-12-8-7-9-13-21/h7-15,18-20,24,26-28,34H,5-6,16-17,33H2,1-4H3,(H,35,38)(H,36,39)(H,37,40)(H,41,42). The summed E-state index contributed by atoms with van der Waals surface area (Å²) in [6.45, 7) is 7.29. The van der Waals surface area contributed by atoms with Crippen LogP contribution < -0.4 is 21.7 Å². The Morgan fingerprint density at radius 2 is 1.38 bits per heavy atom. The average molecular weight is 578 g/mol. The molecular weight excluding hydrogens is 534 g/mol. The summed E-state index contributed by atoms with van der Waals surface area (Å²) in [5.74, 6) is -3.38. The van der Waals surface area contributed by atoms with Crippen LogP contribution in [-0.4, -0.2) is 57.9 Å². The second-order valence-corrected chi connectivity index (χ2v) is 11.0. The normalized spacial score (nSPS) is 15.5. The Kier molecular flexibility index (Phi) is 11.7. The number of carbonyl (C=O) groups excluding carboxylic acids is 3. The van der Waals surface area contributed by atoms with Crippen molar-refractivity contribution in [2.24, 2.45) is 17.6 Å². The summed E-state index contributed by atoms with van der Waals surface area (Å²) in [6.07, 6.45) is 3.35. The number of nitrogens with one attached hydrogen (secondary N) is 4. The molecule has 1 heterocycles. The molecule has 42 heavy (non-hydrogen) atoms. The molecule has 7 N–H and O–H groups in total. The van der Waals surface area contributed by atoms with Crippen LogP contribution in [0.4, 0.5) is 0 Å². The van der Waals surface area contributed by atoms with Crippen LogP contribution in [0.1, 0.15) is 51.7 Å². The molecule has 0 saturated carbocycles. The van der Waals surface area contributed by atoms with Crippen LogP contribution in [0, 0.1) is 11.8 Å². The van der Waals surface area contributed by atoms with Gasteiger partial charge in [0.15, 0.2) is 0 Å². The van der Waals surface area contributed by atoms with Crippen LogP contribution in [0.3, 0.4) is 0 Å². The highest BCUT2D eigenvalue weighted by Crippen LogP contribution is 2.20. The largest absolute Gasteiger partial charge is 0.480 e. The van der Waals surface area contributed by atoms with Gasteiger partial charge in [0.2, 0.25) is 17.7 Å². The maximum absolute atomic E-state index is 13.8. The Bertz CT molecular complexity index is 1360. The Morgan fingerprint density at radius 1 is 0.786 bits per heavy atom. The molecule has 226 valence electrons. The van der Waals surface area contributed by atoms with Gasteiger partial charge in [-0.15, -0.1) is 0 Å². The van der Waals surface area contributed by atoms with E-state index in [1.54, 1.807) is 13.1 Å². The van der Waals surface area contributed by atoms with E-state index in [0.717, 1.165) is 22.0 Å². The van der Waals surface area contributed by atoms with Crippen LogP contribution in [0.5, 0.6) is 0 Å². The van der Waals surface area contributed by atoms with Crippen molar-refractivity contribution in [2.75, 3.05) is 0 Å². The lowest BCUT2D eigenvalue weighted by Gasteiger charge is -2.29. The molecule has 0 aliphatic rings. The Balaban J connectivity index is 1.85. The van der Waals surface area contributed by atoms with Gasteiger partial charge in [0.25, 0.3) is 0 Å². The molecular formula is C32H43N5O5. The van der Waals surface area contributed by atoms with E-state index in [1.165, 1.54) is 0 Å². The minimum Gasteiger partial charge on any atom is -0.480 e. The first-order valence-corrected chi connectivity index (χ1v) is 14.5. The van der Waals surface area contributed by atoms with Crippen molar-refractivity contribution < 1.29 is 24.3 Å². The lowest BCUT2D eigenvalue weighted by molar-refractivity contribution is -0.144. The van der Waals surface area contributed by atoms with Gasteiger partial charge in [-0.2, -0.15) is 0 Å². The van der Waals surface area contributed by atoms with Crippen molar-refractivity contribution in [2.45, 2.75) is 77.5 Å². The van der Waals surface area contributed by atoms with Crippen LogP contribution in [0.15, 0.2) is 60.8 Å². The van der Waals surface area contributed by atoms with Gasteiger partial charge >= 0.3 is 5.97 Å². The molecule has 3 amide bonds. The topological polar surface area (TPSA) is 166 Å². The fourth-order valence-corrected chi connectivity index (χ4v) is 4.85. The first-order chi connectivity index (χ1) is 20.0. The lowest BCUT2D eigenvalue weighted by Crippen LogP contribution is -2.59. The molecule has 0 radical (unpaired) electrons. The van der Waals surface area contributed by atoms with Crippen molar-refractivity contribution in [3.8, 4) is 0 Å². The number of rotatable bonds is 15. The molecule has 0 spiro atoms. The SMILES string of the molecule is CCC(C)C(NC(=O)C(NC(=O)C(Cc1c[nH]c2ccccc12)NC(=O)C(N)Cc1ccccc1)C(C)CC)C(=O)O. The van der Waals surface area contributed by atoms with Gasteiger partial charge in [-0.1, -0.05) is 89.1 Å². The summed E-state index contributed by atoms with van der Waals surface area (Å²) < 4.78 is 0. The van der Waals surface area contributed by atoms with Crippen LogP contribution >= 0.6 is 0 Å². The summed E-state index contributed by atoms with van der Waals surface area (Å²) in [6, 6.07) is 13.0. The number of carbonyl (C=O) groups is 4. The van der Waals surface area contributed by atoms with E-state index in [2.05, 4.69) is 20.9 Å². The molecule has 10 heteroatoms. The van der Waals surface area contributed by atoms with Crippen molar-refractivity contribution in [3.05, 3.63) is 71.9 Å². The smallest absolute Gasteiger partial charge is 0.326 e. The number of aromatic amines is 1. The van der Waals surface area contributed by atoms with Crippen molar-refractivity contribution in [1.29, 1.82) is 0 Å². The number of aromatic nitrogens is 1. The van der Waals surface area contributed by atoms with Crippen LogP contribution in [-0.2, 0) is 32.0 Å². The number of carboxylic acid groups (broad SMARTS) is 1. The number of carboxylic acids is 1. The Morgan fingerprint density at radius 3 is 2.02 bits per heavy atom. The van der Waals surface area contributed by atoms with Gasteiger partial charge in [0.1, 0.15) is 18.1 Å². The summed E-state index contributed by atoms with van der Waals surface area (Å²) in [7, 11) is 0. The zero-order valence-electron chi connectivity index (χ0n) is 24.7. The van der Waals surface area contributed by atoms with Crippen molar-refractivity contribution in [1.82, 2.24) is 20.9 Å². The zero-order valence-corrected chi connectivity index (χ0v) is 24.7. The third-order valence-electron chi connectivity index (χ3n) is 7.94. The highest BCUT2D eigenvalue weighted by atomic mass is 16.4. The van der Waals surface area contributed by atoms with E-state index in [-0.39, 0.29) is 24.7 Å². The number of amides is 3. The van der Waals surface area contributed by atoms with E-state index in [1.807, 2.05) is 75.4 Å². The van der Waals surface area contributed by atoms with E-state index in [9.17, 15) is 24.3 Å².